The van der Waals surface area contributed by atoms with Gasteiger partial charge in [-0.05, 0) is 25.5 Å². The number of rotatable bonds is 6. The van der Waals surface area contributed by atoms with E-state index in [1.165, 1.54) is 12.1 Å². The Labute approximate surface area is 116 Å². The fourth-order valence-electron chi connectivity index (χ4n) is 2.39. The van der Waals surface area contributed by atoms with Crippen LogP contribution in [-0.4, -0.2) is 36.9 Å². The van der Waals surface area contributed by atoms with E-state index >= 15 is 0 Å². The number of benzene rings is 1. The molecule has 1 aromatic carbocycles. The normalized spacial score (nSPS) is 25.1. The summed E-state index contributed by atoms with van der Waals surface area (Å²) in [5, 5.41) is 14.0. The summed E-state index contributed by atoms with van der Waals surface area (Å²) >= 11 is 0. The molecule has 0 bridgehead atoms. The summed E-state index contributed by atoms with van der Waals surface area (Å²) in [5.74, 6) is -0.633. The Hall–Kier alpha value is -1.73. The SMILES string of the molecule is CCOC1CC(Nc2ccc(F)cc2[N+](=O)[O-])C1OC. The van der Waals surface area contributed by atoms with Gasteiger partial charge < -0.3 is 14.8 Å². The van der Waals surface area contributed by atoms with Crippen molar-refractivity contribution in [2.75, 3.05) is 19.0 Å². The molecule has 7 heteroatoms. The van der Waals surface area contributed by atoms with Crippen molar-refractivity contribution < 1.29 is 18.8 Å². The zero-order chi connectivity index (χ0) is 14.7. The minimum Gasteiger partial charge on any atom is -0.377 e. The van der Waals surface area contributed by atoms with Gasteiger partial charge in [-0.25, -0.2) is 4.39 Å². The standard InChI is InChI=1S/C13H17FN2O4/c1-3-20-12-7-10(13(12)19-2)15-9-5-4-8(14)6-11(9)16(17)18/h4-6,10,12-13,15H,3,7H2,1-2H3. The Kier molecular flexibility index (Phi) is 4.51. The lowest BCUT2D eigenvalue weighted by Gasteiger charge is -2.43. The molecule has 3 unspecified atom stereocenters. The van der Waals surface area contributed by atoms with Crippen molar-refractivity contribution in [1.29, 1.82) is 0 Å². The molecular weight excluding hydrogens is 267 g/mol. The van der Waals surface area contributed by atoms with E-state index in [1.807, 2.05) is 6.92 Å². The summed E-state index contributed by atoms with van der Waals surface area (Å²) in [6, 6.07) is 3.38. The summed E-state index contributed by atoms with van der Waals surface area (Å²) in [5.41, 5.74) is 0.0121. The molecule has 1 fully saturated rings. The van der Waals surface area contributed by atoms with Crippen LogP contribution in [0.1, 0.15) is 13.3 Å². The Morgan fingerprint density at radius 1 is 1.55 bits per heavy atom. The Balaban J connectivity index is 2.09. The molecule has 20 heavy (non-hydrogen) atoms. The third kappa shape index (κ3) is 2.88. The van der Waals surface area contributed by atoms with E-state index < -0.39 is 10.7 Å². The smallest absolute Gasteiger partial charge is 0.295 e. The number of nitro benzene ring substituents is 1. The van der Waals surface area contributed by atoms with Gasteiger partial charge in [0, 0.05) is 13.7 Å². The van der Waals surface area contributed by atoms with Crippen LogP contribution in [0.2, 0.25) is 0 Å². The molecule has 1 aromatic rings. The van der Waals surface area contributed by atoms with Crippen LogP contribution in [-0.2, 0) is 9.47 Å². The van der Waals surface area contributed by atoms with Crippen molar-refractivity contribution in [2.24, 2.45) is 0 Å². The van der Waals surface area contributed by atoms with E-state index in [4.69, 9.17) is 9.47 Å². The quantitative estimate of drug-likeness (QED) is 0.641. The number of halogens is 1. The minimum atomic E-state index is -0.633. The van der Waals surface area contributed by atoms with Crippen LogP contribution in [0.5, 0.6) is 0 Å². The largest absolute Gasteiger partial charge is 0.377 e. The number of anilines is 1. The number of nitro groups is 1. The second-order valence-electron chi connectivity index (χ2n) is 4.60. The van der Waals surface area contributed by atoms with Crippen LogP contribution in [0.4, 0.5) is 15.8 Å². The highest BCUT2D eigenvalue weighted by molar-refractivity contribution is 5.62. The summed E-state index contributed by atoms with van der Waals surface area (Å²) in [6.07, 6.45) is 0.516. The molecule has 0 aliphatic heterocycles. The maximum absolute atomic E-state index is 13.1. The highest BCUT2D eigenvalue weighted by atomic mass is 19.1. The van der Waals surface area contributed by atoms with E-state index in [-0.39, 0.29) is 23.9 Å². The highest BCUT2D eigenvalue weighted by Gasteiger charge is 2.42. The van der Waals surface area contributed by atoms with Gasteiger partial charge in [0.05, 0.1) is 23.1 Å². The molecule has 0 saturated heterocycles. The molecule has 0 aromatic heterocycles. The zero-order valence-corrected chi connectivity index (χ0v) is 11.3. The summed E-state index contributed by atoms with van der Waals surface area (Å²) in [7, 11) is 1.57. The predicted molar refractivity (Wildman–Crippen MR) is 71.3 cm³/mol. The molecule has 1 N–H and O–H groups in total. The molecule has 1 aliphatic rings. The van der Waals surface area contributed by atoms with Gasteiger partial charge in [-0.3, -0.25) is 10.1 Å². The van der Waals surface area contributed by atoms with Gasteiger partial charge in [-0.15, -0.1) is 0 Å². The Morgan fingerprint density at radius 2 is 2.30 bits per heavy atom. The van der Waals surface area contributed by atoms with E-state index in [0.717, 1.165) is 6.07 Å². The minimum absolute atomic E-state index is 0.0120. The van der Waals surface area contributed by atoms with Gasteiger partial charge in [-0.2, -0.15) is 0 Å². The first-order valence-electron chi connectivity index (χ1n) is 6.41. The van der Waals surface area contributed by atoms with Crippen molar-refractivity contribution in [1.82, 2.24) is 0 Å². The lowest BCUT2D eigenvalue weighted by atomic mass is 9.85. The molecule has 2 rings (SSSR count). The molecule has 1 aliphatic carbocycles. The molecule has 0 spiro atoms. The molecular formula is C13H17FN2O4. The molecule has 0 amide bonds. The number of nitrogens with one attached hydrogen (secondary N) is 1. The number of nitrogens with zero attached hydrogens (tertiary/aromatic N) is 1. The summed E-state index contributed by atoms with van der Waals surface area (Å²) in [6.45, 7) is 2.49. The zero-order valence-electron chi connectivity index (χ0n) is 11.3. The molecule has 1 saturated carbocycles. The third-order valence-electron chi connectivity index (χ3n) is 3.40. The average Bonchev–Trinajstić information content (AvgIpc) is 2.39. The number of ether oxygens (including phenoxy) is 2. The first-order valence-corrected chi connectivity index (χ1v) is 6.41. The maximum atomic E-state index is 13.1. The van der Waals surface area contributed by atoms with Crippen LogP contribution in [0, 0.1) is 15.9 Å². The lowest BCUT2D eigenvalue weighted by molar-refractivity contribution is -0.384. The first kappa shape index (κ1) is 14.7. The molecule has 110 valence electrons. The van der Waals surface area contributed by atoms with Gasteiger partial charge in [0.2, 0.25) is 0 Å². The van der Waals surface area contributed by atoms with Crippen molar-refractivity contribution in [3.05, 3.63) is 34.1 Å². The van der Waals surface area contributed by atoms with Gasteiger partial charge in [0.1, 0.15) is 17.6 Å². The number of hydrogen-bond acceptors (Lipinski definition) is 5. The number of methoxy groups -OCH3 is 1. The van der Waals surface area contributed by atoms with Crippen molar-refractivity contribution in [2.45, 2.75) is 31.6 Å². The molecule has 3 atom stereocenters. The summed E-state index contributed by atoms with van der Waals surface area (Å²) in [4.78, 5) is 10.3. The second kappa shape index (κ2) is 6.15. The molecule has 0 radical (unpaired) electrons. The van der Waals surface area contributed by atoms with Gasteiger partial charge in [0.15, 0.2) is 0 Å². The Morgan fingerprint density at radius 3 is 2.90 bits per heavy atom. The van der Waals surface area contributed by atoms with Gasteiger partial charge in [0.25, 0.3) is 5.69 Å². The third-order valence-corrected chi connectivity index (χ3v) is 3.40. The second-order valence-corrected chi connectivity index (χ2v) is 4.60. The predicted octanol–water partition coefficient (Wildman–Crippen LogP) is 2.34. The van der Waals surface area contributed by atoms with Crippen LogP contribution >= 0.6 is 0 Å². The molecule has 0 heterocycles. The van der Waals surface area contributed by atoms with Gasteiger partial charge in [-0.1, -0.05) is 0 Å². The van der Waals surface area contributed by atoms with Crippen molar-refractivity contribution in [3.8, 4) is 0 Å². The molecule has 6 nitrogen and oxygen atoms in total. The van der Waals surface area contributed by atoms with Crippen LogP contribution in [0.15, 0.2) is 18.2 Å². The average molecular weight is 284 g/mol. The maximum Gasteiger partial charge on any atom is 0.295 e. The Bertz CT molecular complexity index is 497. The van der Waals surface area contributed by atoms with Crippen LogP contribution in [0.25, 0.3) is 0 Å². The van der Waals surface area contributed by atoms with E-state index in [0.29, 0.717) is 18.7 Å². The van der Waals surface area contributed by atoms with Crippen LogP contribution in [0.3, 0.4) is 0 Å². The monoisotopic (exact) mass is 284 g/mol. The summed E-state index contributed by atoms with van der Waals surface area (Å²) < 4.78 is 23.9. The number of hydrogen-bond donors (Lipinski definition) is 1. The van der Waals surface area contributed by atoms with E-state index in [2.05, 4.69) is 5.32 Å². The van der Waals surface area contributed by atoms with Crippen LogP contribution < -0.4 is 5.32 Å². The van der Waals surface area contributed by atoms with Gasteiger partial charge >= 0.3 is 0 Å². The highest BCUT2D eigenvalue weighted by Crippen LogP contribution is 2.33. The lowest BCUT2D eigenvalue weighted by Crippen LogP contribution is -2.56. The van der Waals surface area contributed by atoms with E-state index in [9.17, 15) is 14.5 Å². The fraction of sp³-hybridized carbons (Fsp3) is 0.538. The first-order chi connectivity index (χ1) is 9.56. The van der Waals surface area contributed by atoms with Crippen molar-refractivity contribution >= 4 is 11.4 Å². The van der Waals surface area contributed by atoms with Crippen molar-refractivity contribution in [3.63, 3.8) is 0 Å². The fourth-order valence-corrected chi connectivity index (χ4v) is 2.39. The topological polar surface area (TPSA) is 73.6 Å². The van der Waals surface area contributed by atoms with E-state index in [1.54, 1.807) is 7.11 Å².